The van der Waals surface area contributed by atoms with Crippen LogP contribution in [0.1, 0.15) is 25.3 Å². The Bertz CT molecular complexity index is 529. The Hall–Kier alpha value is -1.68. The first kappa shape index (κ1) is 13.7. The second-order valence-electron chi connectivity index (χ2n) is 4.99. The van der Waals surface area contributed by atoms with Gasteiger partial charge >= 0.3 is 0 Å². The average Bonchev–Trinajstić information content (AvgIpc) is 2.76. The number of halogens is 1. The first-order valence-electron chi connectivity index (χ1n) is 6.50. The topological polar surface area (TPSA) is 38.1 Å². The molecule has 1 aromatic carbocycles. The predicted molar refractivity (Wildman–Crippen MR) is 73.5 cm³/mol. The van der Waals surface area contributed by atoms with Crippen molar-refractivity contribution in [3.63, 3.8) is 0 Å². The van der Waals surface area contributed by atoms with E-state index in [4.69, 9.17) is 4.42 Å². The highest BCUT2D eigenvalue weighted by Crippen LogP contribution is 2.22. The van der Waals surface area contributed by atoms with Gasteiger partial charge in [-0.3, -0.25) is 0 Å². The normalized spacial score (nSPS) is 11.2. The van der Waals surface area contributed by atoms with Gasteiger partial charge in [0, 0.05) is 24.6 Å². The molecule has 0 atom stereocenters. The molecule has 1 aromatic heterocycles. The first-order valence-corrected chi connectivity index (χ1v) is 6.50. The van der Waals surface area contributed by atoms with Gasteiger partial charge in [0.25, 0.3) is 0 Å². The standard InChI is InChI=1S/C15H19FN2O/c1-10(2)17-5-4-15-18-9-14(19-15)12-6-11(3)7-13(16)8-12/h6-10,17H,4-5H2,1-3H3. The molecule has 4 heteroatoms. The van der Waals surface area contributed by atoms with E-state index >= 15 is 0 Å². The lowest BCUT2D eigenvalue weighted by atomic mass is 10.1. The third-order valence-electron chi connectivity index (χ3n) is 2.77. The lowest BCUT2D eigenvalue weighted by Crippen LogP contribution is -2.24. The van der Waals surface area contributed by atoms with Gasteiger partial charge in [-0.25, -0.2) is 9.37 Å². The van der Waals surface area contributed by atoms with Gasteiger partial charge in [-0.05, 0) is 30.7 Å². The molecule has 2 rings (SSSR count). The quantitative estimate of drug-likeness (QED) is 0.898. The van der Waals surface area contributed by atoms with Crippen LogP contribution in [0.5, 0.6) is 0 Å². The fraction of sp³-hybridized carbons (Fsp3) is 0.400. The molecule has 0 aliphatic carbocycles. The van der Waals surface area contributed by atoms with Crippen LogP contribution in [-0.4, -0.2) is 17.6 Å². The minimum atomic E-state index is -0.255. The fourth-order valence-corrected chi connectivity index (χ4v) is 1.91. The summed E-state index contributed by atoms with van der Waals surface area (Å²) in [6, 6.07) is 5.29. The van der Waals surface area contributed by atoms with Gasteiger partial charge in [-0.2, -0.15) is 0 Å². The van der Waals surface area contributed by atoms with Crippen molar-refractivity contribution >= 4 is 0 Å². The highest BCUT2D eigenvalue weighted by molar-refractivity contribution is 5.57. The molecular formula is C15H19FN2O. The van der Waals surface area contributed by atoms with Crippen molar-refractivity contribution in [2.24, 2.45) is 0 Å². The van der Waals surface area contributed by atoms with Crippen LogP contribution in [-0.2, 0) is 6.42 Å². The summed E-state index contributed by atoms with van der Waals surface area (Å²) >= 11 is 0. The van der Waals surface area contributed by atoms with E-state index in [1.54, 1.807) is 6.20 Å². The first-order chi connectivity index (χ1) is 9.04. The van der Waals surface area contributed by atoms with Gasteiger partial charge in [-0.1, -0.05) is 13.8 Å². The lowest BCUT2D eigenvalue weighted by Gasteiger charge is -2.05. The van der Waals surface area contributed by atoms with E-state index in [0.29, 0.717) is 17.7 Å². The van der Waals surface area contributed by atoms with Crippen LogP contribution in [0.4, 0.5) is 4.39 Å². The van der Waals surface area contributed by atoms with Crippen LogP contribution in [0, 0.1) is 12.7 Å². The third-order valence-corrected chi connectivity index (χ3v) is 2.77. The zero-order valence-corrected chi connectivity index (χ0v) is 11.5. The van der Waals surface area contributed by atoms with Crippen LogP contribution < -0.4 is 5.32 Å². The Morgan fingerprint density at radius 2 is 2.11 bits per heavy atom. The Labute approximate surface area is 112 Å². The Morgan fingerprint density at radius 3 is 2.79 bits per heavy atom. The third kappa shape index (κ3) is 3.89. The molecule has 1 heterocycles. The van der Waals surface area contributed by atoms with Crippen molar-refractivity contribution in [1.29, 1.82) is 0 Å². The van der Waals surface area contributed by atoms with Crippen LogP contribution in [0.25, 0.3) is 11.3 Å². The maximum atomic E-state index is 13.3. The second-order valence-corrected chi connectivity index (χ2v) is 4.99. The van der Waals surface area contributed by atoms with Crippen molar-refractivity contribution in [3.05, 3.63) is 41.7 Å². The van der Waals surface area contributed by atoms with Gasteiger partial charge in [0.05, 0.1) is 6.20 Å². The van der Waals surface area contributed by atoms with E-state index in [1.165, 1.54) is 12.1 Å². The van der Waals surface area contributed by atoms with Gasteiger partial charge in [0.15, 0.2) is 11.7 Å². The van der Waals surface area contributed by atoms with E-state index in [0.717, 1.165) is 24.1 Å². The molecule has 0 spiro atoms. The molecule has 0 radical (unpaired) electrons. The molecule has 0 amide bonds. The minimum Gasteiger partial charge on any atom is -0.441 e. The summed E-state index contributed by atoms with van der Waals surface area (Å²) in [6.45, 7) is 6.86. The summed E-state index contributed by atoms with van der Waals surface area (Å²) in [5.41, 5.74) is 1.60. The smallest absolute Gasteiger partial charge is 0.196 e. The van der Waals surface area contributed by atoms with Gasteiger partial charge in [0.2, 0.25) is 0 Å². The number of nitrogens with one attached hydrogen (secondary N) is 1. The van der Waals surface area contributed by atoms with E-state index in [2.05, 4.69) is 24.1 Å². The highest BCUT2D eigenvalue weighted by atomic mass is 19.1. The molecule has 0 bridgehead atoms. The van der Waals surface area contributed by atoms with Crippen molar-refractivity contribution in [2.45, 2.75) is 33.2 Å². The second kappa shape index (κ2) is 5.97. The van der Waals surface area contributed by atoms with Gasteiger partial charge in [-0.15, -0.1) is 0 Å². The van der Waals surface area contributed by atoms with Crippen LogP contribution in [0.15, 0.2) is 28.8 Å². The molecule has 102 valence electrons. The van der Waals surface area contributed by atoms with Crippen molar-refractivity contribution in [2.75, 3.05) is 6.54 Å². The highest BCUT2D eigenvalue weighted by Gasteiger charge is 2.08. The SMILES string of the molecule is Cc1cc(F)cc(-c2cnc(CCNC(C)C)o2)c1. The Balaban J connectivity index is 2.07. The van der Waals surface area contributed by atoms with Crippen LogP contribution in [0.3, 0.4) is 0 Å². The molecule has 0 unspecified atom stereocenters. The molecule has 19 heavy (non-hydrogen) atoms. The molecule has 1 N–H and O–H groups in total. The molecule has 0 aliphatic heterocycles. The van der Waals surface area contributed by atoms with E-state index < -0.39 is 0 Å². The monoisotopic (exact) mass is 262 g/mol. The molecule has 0 fully saturated rings. The number of nitrogens with zero attached hydrogens (tertiary/aromatic N) is 1. The van der Waals surface area contributed by atoms with Crippen molar-refractivity contribution < 1.29 is 8.81 Å². The molecule has 0 saturated heterocycles. The number of oxazole rings is 1. The molecule has 2 aromatic rings. The average molecular weight is 262 g/mol. The lowest BCUT2D eigenvalue weighted by molar-refractivity contribution is 0.484. The number of rotatable bonds is 5. The predicted octanol–water partition coefficient (Wildman–Crippen LogP) is 3.33. The zero-order valence-electron chi connectivity index (χ0n) is 11.5. The summed E-state index contributed by atoms with van der Waals surface area (Å²) < 4.78 is 19.0. The molecule has 3 nitrogen and oxygen atoms in total. The largest absolute Gasteiger partial charge is 0.441 e. The molecule has 0 aliphatic rings. The maximum absolute atomic E-state index is 13.3. The number of aromatic nitrogens is 1. The summed E-state index contributed by atoms with van der Waals surface area (Å²) in [7, 11) is 0. The zero-order chi connectivity index (χ0) is 13.8. The Kier molecular flexibility index (Phi) is 4.32. The van der Waals surface area contributed by atoms with E-state index in [1.807, 2.05) is 13.0 Å². The van der Waals surface area contributed by atoms with Crippen LogP contribution in [0.2, 0.25) is 0 Å². The van der Waals surface area contributed by atoms with Crippen LogP contribution >= 0.6 is 0 Å². The van der Waals surface area contributed by atoms with Gasteiger partial charge < -0.3 is 9.73 Å². The van der Waals surface area contributed by atoms with E-state index in [9.17, 15) is 4.39 Å². The molecular weight excluding hydrogens is 243 g/mol. The minimum absolute atomic E-state index is 0.255. The maximum Gasteiger partial charge on any atom is 0.196 e. The number of benzene rings is 1. The van der Waals surface area contributed by atoms with E-state index in [-0.39, 0.29) is 5.82 Å². The summed E-state index contributed by atoms with van der Waals surface area (Å²) in [5.74, 6) is 1.03. The number of aryl methyl sites for hydroxylation is 1. The number of hydrogen-bond acceptors (Lipinski definition) is 3. The Morgan fingerprint density at radius 1 is 1.32 bits per heavy atom. The summed E-state index contributed by atoms with van der Waals surface area (Å²) in [5, 5.41) is 3.30. The molecule has 0 saturated carbocycles. The van der Waals surface area contributed by atoms with Crippen molar-refractivity contribution in [1.82, 2.24) is 10.3 Å². The van der Waals surface area contributed by atoms with Gasteiger partial charge in [0.1, 0.15) is 5.82 Å². The number of hydrogen-bond donors (Lipinski definition) is 1. The fourth-order valence-electron chi connectivity index (χ4n) is 1.91. The summed E-state index contributed by atoms with van der Waals surface area (Å²) in [4.78, 5) is 4.22. The van der Waals surface area contributed by atoms with Crippen molar-refractivity contribution in [3.8, 4) is 11.3 Å². The summed E-state index contributed by atoms with van der Waals surface area (Å²) in [6.07, 6.45) is 2.38.